The highest BCUT2D eigenvalue weighted by Crippen LogP contribution is 2.26. The summed E-state index contributed by atoms with van der Waals surface area (Å²) in [6, 6.07) is 20.0. The minimum atomic E-state index is -0.468. The van der Waals surface area contributed by atoms with Gasteiger partial charge in [0.25, 0.3) is 0 Å². The van der Waals surface area contributed by atoms with Crippen LogP contribution in [-0.4, -0.2) is 11.2 Å². The summed E-state index contributed by atoms with van der Waals surface area (Å²) in [6.07, 6.45) is -0.468. The summed E-state index contributed by atoms with van der Waals surface area (Å²) in [4.78, 5) is 0. The molecular weight excluding hydrogens is 196 g/mol. The first-order valence-corrected chi connectivity index (χ1v) is 5.45. The maximum atomic E-state index is 9.88. The predicted molar refractivity (Wildman–Crippen MR) is 66.0 cm³/mol. The SMILES string of the molecule is CC(O)[C+](c1ccccc1)c1ccccc1. The van der Waals surface area contributed by atoms with Crippen molar-refractivity contribution in [2.75, 3.05) is 0 Å². The van der Waals surface area contributed by atoms with Gasteiger partial charge in [-0.25, -0.2) is 0 Å². The van der Waals surface area contributed by atoms with Crippen LogP contribution in [0.4, 0.5) is 0 Å². The lowest BCUT2D eigenvalue weighted by atomic mass is 9.87. The summed E-state index contributed by atoms with van der Waals surface area (Å²) < 4.78 is 0. The van der Waals surface area contributed by atoms with Gasteiger partial charge in [-0.2, -0.15) is 0 Å². The number of rotatable bonds is 3. The van der Waals surface area contributed by atoms with E-state index in [1.807, 2.05) is 60.7 Å². The Balaban J connectivity index is 2.40. The van der Waals surface area contributed by atoms with Gasteiger partial charge in [-0.05, 0) is 43.3 Å². The molecule has 0 aliphatic heterocycles. The molecule has 0 spiro atoms. The van der Waals surface area contributed by atoms with E-state index in [2.05, 4.69) is 0 Å². The Labute approximate surface area is 96.4 Å². The van der Waals surface area contributed by atoms with E-state index in [9.17, 15) is 5.11 Å². The van der Waals surface area contributed by atoms with Crippen molar-refractivity contribution in [3.05, 3.63) is 77.7 Å². The maximum absolute atomic E-state index is 9.88. The Kier molecular flexibility index (Phi) is 3.28. The molecule has 16 heavy (non-hydrogen) atoms. The van der Waals surface area contributed by atoms with Crippen molar-refractivity contribution in [3.63, 3.8) is 0 Å². The van der Waals surface area contributed by atoms with E-state index in [4.69, 9.17) is 0 Å². The first-order chi connectivity index (χ1) is 7.79. The highest BCUT2D eigenvalue weighted by Gasteiger charge is 2.24. The second-order valence-corrected chi connectivity index (χ2v) is 3.82. The van der Waals surface area contributed by atoms with Crippen LogP contribution in [0, 0.1) is 5.92 Å². The predicted octanol–water partition coefficient (Wildman–Crippen LogP) is 3.04. The summed E-state index contributed by atoms with van der Waals surface area (Å²) in [5.41, 5.74) is 2.15. The molecule has 0 saturated carbocycles. The molecule has 0 aromatic heterocycles. The highest BCUT2D eigenvalue weighted by atomic mass is 16.3. The van der Waals surface area contributed by atoms with Crippen molar-refractivity contribution >= 4 is 0 Å². The molecule has 2 aromatic carbocycles. The van der Waals surface area contributed by atoms with Crippen LogP contribution in [0.2, 0.25) is 0 Å². The van der Waals surface area contributed by atoms with Gasteiger partial charge in [-0.3, -0.25) is 0 Å². The van der Waals surface area contributed by atoms with Gasteiger partial charge in [0, 0.05) is 24.3 Å². The van der Waals surface area contributed by atoms with Crippen molar-refractivity contribution in [2.45, 2.75) is 13.0 Å². The van der Waals surface area contributed by atoms with Crippen LogP contribution in [0.1, 0.15) is 18.1 Å². The summed E-state index contributed by atoms with van der Waals surface area (Å²) in [5, 5.41) is 9.88. The molecule has 0 amide bonds. The Morgan fingerprint density at radius 3 is 1.50 bits per heavy atom. The Morgan fingerprint density at radius 2 is 1.19 bits per heavy atom. The van der Waals surface area contributed by atoms with Gasteiger partial charge in [0.2, 0.25) is 0 Å². The first-order valence-electron chi connectivity index (χ1n) is 5.45. The van der Waals surface area contributed by atoms with Gasteiger partial charge in [0.15, 0.2) is 0 Å². The summed E-state index contributed by atoms with van der Waals surface area (Å²) in [7, 11) is 0. The molecule has 1 unspecified atom stereocenters. The van der Waals surface area contributed by atoms with Crippen LogP contribution >= 0.6 is 0 Å². The van der Waals surface area contributed by atoms with Crippen LogP contribution in [0.15, 0.2) is 60.7 Å². The molecule has 0 bridgehead atoms. The van der Waals surface area contributed by atoms with Gasteiger partial charge < -0.3 is 5.11 Å². The third-order valence-corrected chi connectivity index (χ3v) is 2.59. The average Bonchev–Trinajstić information content (AvgIpc) is 2.31. The Bertz CT molecular complexity index is 380. The van der Waals surface area contributed by atoms with Crippen LogP contribution in [-0.2, 0) is 0 Å². The monoisotopic (exact) mass is 211 g/mol. The van der Waals surface area contributed by atoms with Crippen LogP contribution in [0.3, 0.4) is 0 Å². The molecule has 2 aromatic rings. The second-order valence-electron chi connectivity index (χ2n) is 3.82. The molecule has 80 valence electrons. The summed E-state index contributed by atoms with van der Waals surface area (Å²) in [6.45, 7) is 1.80. The van der Waals surface area contributed by atoms with Gasteiger partial charge in [0.1, 0.15) is 6.10 Å². The average molecular weight is 211 g/mol. The quantitative estimate of drug-likeness (QED) is 0.774. The van der Waals surface area contributed by atoms with Crippen LogP contribution < -0.4 is 0 Å². The third kappa shape index (κ3) is 2.26. The molecule has 0 heterocycles. The zero-order valence-electron chi connectivity index (χ0n) is 9.30. The minimum absolute atomic E-state index is 0.468. The smallest absolute Gasteiger partial charge is 0.105 e. The van der Waals surface area contributed by atoms with Crippen molar-refractivity contribution in [1.29, 1.82) is 0 Å². The number of hydrogen-bond acceptors (Lipinski definition) is 1. The fourth-order valence-electron chi connectivity index (χ4n) is 1.88. The lowest BCUT2D eigenvalue weighted by Gasteiger charge is -2.14. The molecule has 1 atom stereocenters. The van der Waals surface area contributed by atoms with E-state index in [0.29, 0.717) is 0 Å². The number of benzene rings is 2. The van der Waals surface area contributed by atoms with Crippen molar-refractivity contribution < 1.29 is 5.11 Å². The zero-order chi connectivity index (χ0) is 11.4. The van der Waals surface area contributed by atoms with Crippen molar-refractivity contribution in [3.8, 4) is 0 Å². The first kappa shape index (κ1) is 10.8. The lowest BCUT2D eigenvalue weighted by Crippen LogP contribution is -2.16. The molecule has 1 heteroatoms. The van der Waals surface area contributed by atoms with Crippen LogP contribution in [0.25, 0.3) is 0 Å². The van der Waals surface area contributed by atoms with Crippen molar-refractivity contribution in [2.24, 2.45) is 0 Å². The molecule has 0 fully saturated rings. The van der Waals surface area contributed by atoms with E-state index < -0.39 is 6.10 Å². The minimum Gasteiger partial charge on any atom is -0.381 e. The number of aliphatic hydroxyl groups excluding tert-OH is 1. The molecule has 0 aliphatic rings. The van der Waals surface area contributed by atoms with Gasteiger partial charge in [-0.1, -0.05) is 0 Å². The molecule has 2 rings (SSSR count). The Morgan fingerprint density at radius 1 is 0.812 bits per heavy atom. The zero-order valence-corrected chi connectivity index (χ0v) is 9.30. The molecular formula is C15H15O+. The van der Waals surface area contributed by atoms with Crippen LogP contribution in [0.5, 0.6) is 0 Å². The Hall–Kier alpha value is -1.73. The molecule has 1 N–H and O–H groups in total. The standard InChI is InChI=1S/C15H15O/c1-12(16)15(13-8-4-2-5-9-13)14-10-6-3-7-11-14/h2-12,16H,1H3/q+1. The van der Waals surface area contributed by atoms with Gasteiger partial charge >= 0.3 is 0 Å². The number of aliphatic hydroxyl groups is 1. The van der Waals surface area contributed by atoms with Gasteiger partial charge in [0.05, 0.1) is 17.0 Å². The van der Waals surface area contributed by atoms with E-state index in [0.717, 1.165) is 17.0 Å². The molecule has 0 radical (unpaired) electrons. The fourth-order valence-corrected chi connectivity index (χ4v) is 1.88. The molecule has 0 saturated heterocycles. The van der Waals surface area contributed by atoms with E-state index in [1.165, 1.54) is 0 Å². The van der Waals surface area contributed by atoms with Gasteiger partial charge in [-0.15, -0.1) is 0 Å². The maximum Gasteiger partial charge on any atom is 0.105 e. The largest absolute Gasteiger partial charge is 0.381 e. The molecule has 0 aliphatic carbocycles. The number of hydrogen-bond donors (Lipinski definition) is 1. The topological polar surface area (TPSA) is 20.2 Å². The third-order valence-electron chi connectivity index (χ3n) is 2.59. The molecule has 1 nitrogen and oxygen atoms in total. The lowest BCUT2D eigenvalue weighted by molar-refractivity contribution is 0.217. The summed E-state index contributed by atoms with van der Waals surface area (Å²) >= 11 is 0. The second kappa shape index (κ2) is 4.86. The normalized spacial score (nSPS) is 12.1. The van der Waals surface area contributed by atoms with E-state index in [-0.39, 0.29) is 0 Å². The summed E-state index contributed by atoms with van der Waals surface area (Å²) in [5.74, 6) is 0.973. The van der Waals surface area contributed by atoms with Crippen molar-refractivity contribution in [1.82, 2.24) is 0 Å². The van der Waals surface area contributed by atoms with E-state index in [1.54, 1.807) is 6.92 Å². The van der Waals surface area contributed by atoms with E-state index >= 15 is 0 Å². The highest BCUT2D eigenvalue weighted by molar-refractivity contribution is 5.46. The fraction of sp³-hybridized carbons (Fsp3) is 0.133.